The summed E-state index contributed by atoms with van der Waals surface area (Å²) in [4.78, 5) is 24.4. The molecule has 2 aromatic rings. The average molecular weight is 417 g/mol. The van der Waals surface area contributed by atoms with Crippen LogP contribution in [0.3, 0.4) is 0 Å². The molecule has 2 amide bonds. The number of nitrogens with one attached hydrogen (secondary N) is 3. The molecule has 0 saturated carbocycles. The van der Waals surface area contributed by atoms with E-state index in [9.17, 15) is 18.0 Å². The predicted molar refractivity (Wildman–Crippen MR) is 113 cm³/mol. The molecule has 9 heteroatoms. The van der Waals surface area contributed by atoms with Gasteiger partial charge in [-0.3, -0.25) is 14.3 Å². The van der Waals surface area contributed by atoms with Gasteiger partial charge in [0.1, 0.15) is 11.8 Å². The van der Waals surface area contributed by atoms with E-state index in [0.29, 0.717) is 11.4 Å². The number of hydrogen-bond donors (Lipinski definition) is 3. The summed E-state index contributed by atoms with van der Waals surface area (Å²) in [5, 5.41) is 5.20. The van der Waals surface area contributed by atoms with Gasteiger partial charge >= 0.3 is 0 Å². The molecule has 0 aromatic heterocycles. The molecule has 154 valence electrons. The molecule has 8 nitrogen and oxygen atoms in total. The van der Waals surface area contributed by atoms with E-state index in [1.807, 2.05) is 30.3 Å². The Morgan fingerprint density at radius 2 is 1.79 bits per heavy atom. The monoisotopic (exact) mass is 417 g/mol. The van der Waals surface area contributed by atoms with Crippen LogP contribution < -0.4 is 20.1 Å². The molecule has 1 atom stereocenters. The number of anilines is 2. The third kappa shape index (κ3) is 7.30. The number of amides is 2. The largest absolute Gasteiger partial charge is 0.495 e. The van der Waals surface area contributed by atoms with Crippen LogP contribution in [-0.4, -0.2) is 39.6 Å². The average Bonchev–Trinajstić information content (AvgIpc) is 2.66. The van der Waals surface area contributed by atoms with Gasteiger partial charge in [-0.25, -0.2) is 8.42 Å². The number of benzene rings is 2. The molecular formula is C20H23N3O5S. The number of hydrogen-bond acceptors (Lipinski definition) is 5. The molecule has 0 spiro atoms. The van der Waals surface area contributed by atoms with E-state index in [1.165, 1.54) is 25.3 Å². The highest BCUT2D eigenvalue weighted by atomic mass is 32.2. The minimum absolute atomic E-state index is 0.190. The lowest BCUT2D eigenvalue weighted by Gasteiger charge is -2.15. The lowest BCUT2D eigenvalue weighted by molar-refractivity contribution is -0.123. The Hall–Kier alpha value is -3.33. The van der Waals surface area contributed by atoms with Gasteiger partial charge in [0.05, 0.1) is 19.1 Å². The molecular weight excluding hydrogens is 394 g/mol. The highest BCUT2D eigenvalue weighted by Crippen LogP contribution is 2.28. The molecule has 2 rings (SSSR count). The van der Waals surface area contributed by atoms with Gasteiger partial charge in [0.2, 0.25) is 21.8 Å². The van der Waals surface area contributed by atoms with E-state index in [2.05, 4.69) is 15.4 Å². The van der Waals surface area contributed by atoms with Gasteiger partial charge in [-0.05, 0) is 36.8 Å². The summed E-state index contributed by atoms with van der Waals surface area (Å²) in [5.41, 5.74) is 1.40. The maximum atomic E-state index is 12.4. The van der Waals surface area contributed by atoms with Gasteiger partial charge in [0, 0.05) is 11.8 Å². The number of sulfonamides is 1. The fourth-order valence-corrected chi connectivity index (χ4v) is 2.94. The highest BCUT2D eigenvalue weighted by Gasteiger charge is 2.16. The van der Waals surface area contributed by atoms with Crippen LogP contribution in [0.1, 0.15) is 12.5 Å². The second-order valence-corrected chi connectivity index (χ2v) is 8.00. The van der Waals surface area contributed by atoms with E-state index >= 15 is 0 Å². The zero-order chi connectivity index (χ0) is 21.4. The maximum Gasteiger partial charge on any atom is 0.246 e. The lowest BCUT2D eigenvalue weighted by Crippen LogP contribution is -2.40. The third-order valence-electron chi connectivity index (χ3n) is 3.74. The van der Waals surface area contributed by atoms with Crippen molar-refractivity contribution in [1.82, 2.24) is 5.32 Å². The summed E-state index contributed by atoms with van der Waals surface area (Å²) in [5.74, 6) is -0.562. The molecule has 0 aliphatic heterocycles. The molecule has 0 heterocycles. The van der Waals surface area contributed by atoms with Crippen molar-refractivity contribution < 1.29 is 22.7 Å². The summed E-state index contributed by atoms with van der Waals surface area (Å²) in [7, 11) is -2.12. The second kappa shape index (κ2) is 9.74. The summed E-state index contributed by atoms with van der Waals surface area (Å²) < 4.78 is 30.4. The Morgan fingerprint density at radius 3 is 2.41 bits per heavy atom. The number of rotatable bonds is 8. The van der Waals surface area contributed by atoms with Crippen molar-refractivity contribution in [2.75, 3.05) is 23.4 Å². The number of carbonyl (C=O) groups excluding carboxylic acids is 2. The summed E-state index contributed by atoms with van der Waals surface area (Å²) in [6.45, 7) is 1.54. The normalized spacial score (nSPS) is 12.2. The number of methoxy groups -OCH3 is 1. The van der Waals surface area contributed by atoms with Crippen molar-refractivity contribution in [1.29, 1.82) is 0 Å². The van der Waals surface area contributed by atoms with Gasteiger partial charge in [-0.1, -0.05) is 30.3 Å². The van der Waals surface area contributed by atoms with Crippen molar-refractivity contribution in [3.05, 3.63) is 60.2 Å². The highest BCUT2D eigenvalue weighted by molar-refractivity contribution is 7.92. The number of carbonyl (C=O) groups is 2. The van der Waals surface area contributed by atoms with E-state index in [-0.39, 0.29) is 5.69 Å². The zero-order valence-corrected chi connectivity index (χ0v) is 17.1. The smallest absolute Gasteiger partial charge is 0.246 e. The van der Waals surface area contributed by atoms with Gasteiger partial charge in [0.15, 0.2) is 0 Å². The van der Waals surface area contributed by atoms with Crippen molar-refractivity contribution in [3.8, 4) is 5.75 Å². The fraction of sp³-hybridized carbons (Fsp3) is 0.200. The van der Waals surface area contributed by atoms with E-state index < -0.39 is 27.9 Å². The minimum Gasteiger partial charge on any atom is -0.495 e. The first-order chi connectivity index (χ1) is 13.7. The predicted octanol–water partition coefficient (Wildman–Crippen LogP) is 2.22. The van der Waals surface area contributed by atoms with Crippen LogP contribution in [0.25, 0.3) is 6.08 Å². The van der Waals surface area contributed by atoms with Crippen LogP contribution in [0.4, 0.5) is 11.4 Å². The third-order valence-corrected chi connectivity index (χ3v) is 4.33. The van der Waals surface area contributed by atoms with E-state index in [1.54, 1.807) is 19.1 Å². The Labute approximate surface area is 170 Å². The van der Waals surface area contributed by atoms with E-state index in [4.69, 9.17) is 4.74 Å². The first-order valence-electron chi connectivity index (χ1n) is 8.68. The van der Waals surface area contributed by atoms with Crippen molar-refractivity contribution >= 4 is 39.3 Å². The molecule has 0 aliphatic carbocycles. The molecule has 29 heavy (non-hydrogen) atoms. The Morgan fingerprint density at radius 1 is 1.10 bits per heavy atom. The molecule has 0 bridgehead atoms. The molecule has 0 aliphatic rings. The van der Waals surface area contributed by atoms with Gasteiger partial charge < -0.3 is 15.4 Å². The Bertz CT molecular complexity index is 1000. The topological polar surface area (TPSA) is 114 Å². The summed E-state index contributed by atoms with van der Waals surface area (Å²) >= 11 is 0. The standard InChI is InChI=1S/C20H23N3O5S/c1-14(21-19(24)12-9-15-7-5-4-6-8-15)20(25)22-16-10-11-18(28-2)17(13-16)23-29(3,26)27/h4-14,23H,1-3H3,(H,21,24)(H,22,25)/b12-9+. The lowest BCUT2D eigenvalue weighted by atomic mass is 10.2. The first kappa shape index (κ1) is 22.0. The summed E-state index contributed by atoms with van der Waals surface area (Å²) in [6, 6.07) is 13.0. The van der Waals surface area contributed by atoms with Crippen LogP contribution in [0.2, 0.25) is 0 Å². The Balaban J connectivity index is 2.00. The maximum absolute atomic E-state index is 12.4. The quantitative estimate of drug-likeness (QED) is 0.570. The fourth-order valence-electron chi connectivity index (χ4n) is 2.38. The first-order valence-corrected chi connectivity index (χ1v) is 10.6. The zero-order valence-electron chi connectivity index (χ0n) is 16.3. The summed E-state index contributed by atoms with van der Waals surface area (Å²) in [6.07, 6.45) is 4.01. The van der Waals surface area contributed by atoms with Crippen molar-refractivity contribution in [3.63, 3.8) is 0 Å². The molecule has 1 unspecified atom stereocenters. The van der Waals surface area contributed by atoms with E-state index in [0.717, 1.165) is 11.8 Å². The molecule has 0 radical (unpaired) electrons. The van der Waals surface area contributed by atoms with Crippen LogP contribution in [0.5, 0.6) is 5.75 Å². The van der Waals surface area contributed by atoms with Gasteiger partial charge in [0.25, 0.3) is 0 Å². The van der Waals surface area contributed by atoms with Gasteiger partial charge in [-0.2, -0.15) is 0 Å². The second-order valence-electron chi connectivity index (χ2n) is 6.25. The molecule has 2 aromatic carbocycles. The van der Waals surface area contributed by atoms with Crippen LogP contribution in [0, 0.1) is 0 Å². The number of ether oxygens (including phenoxy) is 1. The Kier molecular flexibility index (Phi) is 7.38. The van der Waals surface area contributed by atoms with Crippen LogP contribution in [-0.2, 0) is 19.6 Å². The minimum atomic E-state index is -3.52. The van der Waals surface area contributed by atoms with Crippen LogP contribution in [0.15, 0.2) is 54.6 Å². The van der Waals surface area contributed by atoms with Gasteiger partial charge in [-0.15, -0.1) is 0 Å². The molecule has 3 N–H and O–H groups in total. The van der Waals surface area contributed by atoms with Crippen molar-refractivity contribution in [2.45, 2.75) is 13.0 Å². The molecule has 0 fully saturated rings. The molecule has 0 saturated heterocycles. The SMILES string of the molecule is COc1ccc(NC(=O)C(C)NC(=O)/C=C/c2ccccc2)cc1NS(C)(=O)=O. The van der Waals surface area contributed by atoms with Crippen LogP contribution >= 0.6 is 0 Å². The van der Waals surface area contributed by atoms with Crippen molar-refractivity contribution in [2.24, 2.45) is 0 Å².